The van der Waals surface area contributed by atoms with Gasteiger partial charge in [0.2, 0.25) is 10.0 Å². The lowest BCUT2D eigenvalue weighted by atomic mass is 10.1. The van der Waals surface area contributed by atoms with E-state index >= 15 is 0 Å². The smallest absolute Gasteiger partial charge is 0.216 e. The fraction of sp³-hybridized carbons (Fsp3) is 0.286. The van der Waals surface area contributed by atoms with E-state index in [0.29, 0.717) is 13.1 Å². The SMILES string of the molecule is CC(C)NS(=O)(=O)Cc1ccccc1CNCc1ccc(-n2cccn2)cc1. The Bertz CT molecular complexity index is 982. The molecule has 6 nitrogen and oxygen atoms in total. The van der Waals surface area contributed by atoms with Crippen LogP contribution in [-0.4, -0.2) is 24.2 Å². The second kappa shape index (κ2) is 9.14. The third kappa shape index (κ3) is 5.76. The first-order chi connectivity index (χ1) is 13.4. The molecule has 0 unspecified atom stereocenters. The molecule has 0 aliphatic rings. The van der Waals surface area contributed by atoms with Gasteiger partial charge < -0.3 is 5.32 Å². The van der Waals surface area contributed by atoms with Crippen molar-refractivity contribution < 1.29 is 8.42 Å². The molecule has 3 rings (SSSR count). The molecule has 0 fully saturated rings. The van der Waals surface area contributed by atoms with Crippen molar-refractivity contribution in [3.8, 4) is 5.69 Å². The molecule has 1 heterocycles. The van der Waals surface area contributed by atoms with Gasteiger partial charge in [-0.1, -0.05) is 36.4 Å². The van der Waals surface area contributed by atoms with Gasteiger partial charge in [-0.2, -0.15) is 5.10 Å². The van der Waals surface area contributed by atoms with Gasteiger partial charge in [0.25, 0.3) is 0 Å². The highest BCUT2D eigenvalue weighted by molar-refractivity contribution is 7.88. The Kier molecular flexibility index (Phi) is 6.61. The van der Waals surface area contributed by atoms with Gasteiger partial charge in [-0.3, -0.25) is 0 Å². The van der Waals surface area contributed by atoms with Crippen LogP contribution in [0.2, 0.25) is 0 Å². The summed E-state index contributed by atoms with van der Waals surface area (Å²) in [5.74, 6) is -0.0123. The summed E-state index contributed by atoms with van der Waals surface area (Å²) in [6, 6.07) is 17.6. The van der Waals surface area contributed by atoms with Gasteiger partial charge in [-0.15, -0.1) is 0 Å². The predicted molar refractivity (Wildman–Crippen MR) is 111 cm³/mol. The molecule has 2 N–H and O–H groups in total. The van der Waals surface area contributed by atoms with Crippen LogP contribution in [0.1, 0.15) is 30.5 Å². The molecular weight excluding hydrogens is 372 g/mol. The molecule has 0 bridgehead atoms. The summed E-state index contributed by atoms with van der Waals surface area (Å²) in [6.45, 7) is 4.95. The summed E-state index contributed by atoms with van der Waals surface area (Å²) in [5.41, 5.74) is 3.98. The van der Waals surface area contributed by atoms with Crippen LogP contribution in [0, 0.1) is 0 Å². The Morgan fingerprint density at radius 3 is 2.32 bits per heavy atom. The van der Waals surface area contributed by atoms with Crippen molar-refractivity contribution in [1.82, 2.24) is 19.8 Å². The second-order valence-corrected chi connectivity index (χ2v) is 8.77. The second-order valence-electron chi connectivity index (χ2n) is 7.02. The Morgan fingerprint density at radius 1 is 0.964 bits per heavy atom. The van der Waals surface area contributed by atoms with Gasteiger partial charge in [0, 0.05) is 31.5 Å². The third-order valence-corrected chi connectivity index (χ3v) is 5.75. The zero-order valence-corrected chi connectivity index (χ0v) is 17.0. The van der Waals surface area contributed by atoms with Crippen LogP contribution < -0.4 is 10.0 Å². The minimum absolute atomic E-state index is 0.0123. The van der Waals surface area contributed by atoms with E-state index in [-0.39, 0.29) is 11.8 Å². The predicted octanol–water partition coefficient (Wildman–Crippen LogP) is 2.99. The maximum Gasteiger partial charge on any atom is 0.216 e. The van der Waals surface area contributed by atoms with Crippen LogP contribution in [0.4, 0.5) is 0 Å². The van der Waals surface area contributed by atoms with Crippen LogP contribution in [0.3, 0.4) is 0 Å². The Balaban J connectivity index is 1.59. The van der Waals surface area contributed by atoms with Crippen molar-refractivity contribution in [3.63, 3.8) is 0 Å². The van der Waals surface area contributed by atoms with E-state index in [0.717, 1.165) is 22.4 Å². The molecule has 0 radical (unpaired) electrons. The number of hydrogen-bond donors (Lipinski definition) is 2. The maximum atomic E-state index is 12.2. The van der Waals surface area contributed by atoms with Crippen molar-refractivity contribution in [2.45, 2.75) is 38.7 Å². The molecule has 0 atom stereocenters. The molecule has 1 aromatic heterocycles. The fourth-order valence-electron chi connectivity index (χ4n) is 3.01. The van der Waals surface area contributed by atoms with Gasteiger partial charge in [-0.05, 0) is 48.7 Å². The Morgan fingerprint density at radius 2 is 1.68 bits per heavy atom. The molecule has 2 aromatic carbocycles. The number of hydrogen-bond acceptors (Lipinski definition) is 4. The topological polar surface area (TPSA) is 76.0 Å². The lowest BCUT2D eigenvalue weighted by Gasteiger charge is -2.13. The summed E-state index contributed by atoms with van der Waals surface area (Å²) < 4.78 is 29.0. The van der Waals surface area contributed by atoms with Crippen LogP contribution in [0.25, 0.3) is 5.69 Å². The quantitative estimate of drug-likeness (QED) is 0.581. The normalized spacial score (nSPS) is 11.8. The highest BCUT2D eigenvalue weighted by Crippen LogP contribution is 2.13. The largest absolute Gasteiger partial charge is 0.309 e. The number of aromatic nitrogens is 2. The van der Waals surface area contributed by atoms with Gasteiger partial charge >= 0.3 is 0 Å². The number of rotatable bonds is 9. The molecular formula is C21H26N4O2S. The first-order valence-corrected chi connectivity index (χ1v) is 10.9. The van der Waals surface area contributed by atoms with E-state index in [2.05, 4.69) is 27.3 Å². The third-order valence-electron chi connectivity index (χ3n) is 4.23. The van der Waals surface area contributed by atoms with Gasteiger partial charge in [0.1, 0.15) is 0 Å². The van der Waals surface area contributed by atoms with Crippen molar-refractivity contribution in [2.75, 3.05) is 0 Å². The summed E-state index contributed by atoms with van der Waals surface area (Å²) in [4.78, 5) is 0. The van der Waals surface area contributed by atoms with Crippen LogP contribution >= 0.6 is 0 Å². The average molecular weight is 399 g/mol. The van der Waals surface area contributed by atoms with Crippen LogP contribution in [-0.2, 0) is 28.9 Å². The monoisotopic (exact) mass is 398 g/mol. The zero-order chi connectivity index (χ0) is 20.0. The molecule has 0 spiro atoms. The molecule has 28 heavy (non-hydrogen) atoms. The van der Waals surface area contributed by atoms with Crippen molar-refractivity contribution >= 4 is 10.0 Å². The summed E-state index contributed by atoms with van der Waals surface area (Å²) in [5, 5.41) is 7.62. The number of nitrogens with zero attached hydrogens (tertiary/aromatic N) is 2. The first-order valence-electron chi connectivity index (χ1n) is 9.29. The van der Waals surface area contributed by atoms with Gasteiger partial charge in [0.05, 0.1) is 11.4 Å². The van der Waals surface area contributed by atoms with Crippen molar-refractivity contribution in [2.24, 2.45) is 0 Å². The lowest BCUT2D eigenvalue weighted by molar-refractivity contribution is 0.568. The minimum atomic E-state index is -3.35. The van der Waals surface area contributed by atoms with E-state index < -0.39 is 10.0 Å². The summed E-state index contributed by atoms with van der Waals surface area (Å²) >= 11 is 0. The number of benzene rings is 2. The number of nitrogens with one attached hydrogen (secondary N) is 2. The summed E-state index contributed by atoms with van der Waals surface area (Å²) in [7, 11) is -3.35. The Hall–Kier alpha value is -2.48. The maximum absolute atomic E-state index is 12.2. The van der Waals surface area contributed by atoms with E-state index in [1.165, 1.54) is 0 Å². The summed E-state index contributed by atoms with van der Waals surface area (Å²) in [6.07, 6.45) is 3.66. The molecule has 0 saturated carbocycles. The van der Waals surface area contributed by atoms with Crippen molar-refractivity contribution in [3.05, 3.63) is 83.7 Å². The number of sulfonamides is 1. The highest BCUT2D eigenvalue weighted by atomic mass is 32.2. The molecule has 0 saturated heterocycles. The van der Waals surface area contributed by atoms with Crippen molar-refractivity contribution in [1.29, 1.82) is 0 Å². The first kappa shape index (κ1) is 20.3. The van der Waals surface area contributed by atoms with Crippen LogP contribution in [0.15, 0.2) is 67.0 Å². The van der Waals surface area contributed by atoms with Gasteiger partial charge in [-0.25, -0.2) is 17.8 Å². The van der Waals surface area contributed by atoms with E-state index in [9.17, 15) is 8.42 Å². The van der Waals surface area contributed by atoms with Gasteiger partial charge in [0.15, 0.2) is 0 Å². The lowest BCUT2D eigenvalue weighted by Crippen LogP contribution is -2.31. The van der Waals surface area contributed by atoms with E-state index in [1.54, 1.807) is 6.20 Å². The molecule has 0 aliphatic heterocycles. The molecule has 0 aliphatic carbocycles. The highest BCUT2D eigenvalue weighted by Gasteiger charge is 2.15. The van der Waals surface area contributed by atoms with E-state index in [4.69, 9.17) is 0 Å². The van der Waals surface area contributed by atoms with E-state index in [1.807, 2.05) is 67.2 Å². The fourth-order valence-corrected chi connectivity index (χ4v) is 4.50. The Labute approximate surface area is 166 Å². The zero-order valence-electron chi connectivity index (χ0n) is 16.2. The van der Waals surface area contributed by atoms with Crippen LogP contribution in [0.5, 0.6) is 0 Å². The minimum Gasteiger partial charge on any atom is -0.309 e. The molecule has 7 heteroatoms. The average Bonchev–Trinajstić information content (AvgIpc) is 3.17. The molecule has 148 valence electrons. The standard InChI is InChI=1S/C21H26N4O2S/c1-17(2)24-28(26,27)16-20-7-4-3-6-19(20)15-22-14-18-8-10-21(11-9-18)25-13-5-12-23-25/h3-13,17,22,24H,14-16H2,1-2H3. The molecule has 3 aromatic rings. The molecule has 0 amide bonds.